The standard InChI is InChI=1S/C17H26N2O2S/c1-2-13-21-16-8-6-15(7-9-16)17(20)18-22-14-5-12-19-10-3-4-11-19/h6-9H,2-5,10-14H2,1H3,(H,18,20). The van der Waals surface area contributed by atoms with E-state index in [1.165, 1.54) is 37.9 Å². The monoisotopic (exact) mass is 322 g/mol. The van der Waals surface area contributed by atoms with Gasteiger partial charge in [0.25, 0.3) is 5.91 Å². The molecule has 1 heterocycles. The average Bonchev–Trinajstić information content (AvgIpc) is 3.06. The van der Waals surface area contributed by atoms with Crippen LogP contribution in [-0.4, -0.2) is 42.8 Å². The maximum absolute atomic E-state index is 12.0. The van der Waals surface area contributed by atoms with E-state index < -0.39 is 0 Å². The van der Waals surface area contributed by atoms with Gasteiger partial charge in [0.05, 0.1) is 6.61 Å². The van der Waals surface area contributed by atoms with Crippen LogP contribution in [0, 0.1) is 0 Å². The highest BCUT2D eigenvalue weighted by molar-refractivity contribution is 7.97. The molecule has 4 nitrogen and oxygen atoms in total. The molecule has 0 unspecified atom stereocenters. The summed E-state index contributed by atoms with van der Waals surface area (Å²) >= 11 is 1.50. The van der Waals surface area contributed by atoms with Crippen molar-refractivity contribution in [3.8, 4) is 5.75 Å². The molecule has 1 N–H and O–H groups in total. The highest BCUT2D eigenvalue weighted by atomic mass is 32.2. The fourth-order valence-corrected chi connectivity index (χ4v) is 3.09. The van der Waals surface area contributed by atoms with Crippen molar-refractivity contribution in [1.29, 1.82) is 0 Å². The van der Waals surface area contributed by atoms with Gasteiger partial charge in [-0.2, -0.15) is 0 Å². The van der Waals surface area contributed by atoms with E-state index in [1.54, 1.807) is 0 Å². The van der Waals surface area contributed by atoms with Crippen LogP contribution in [0.4, 0.5) is 0 Å². The van der Waals surface area contributed by atoms with Crippen LogP contribution in [0.2, 0.25) is 0 Å². The average molecular weight is 322 g/mol. The Balaban J connectivity index is 1.61. The van der Waals surface area contributed by atoms with Gasteiger partial charge in [0.2, 0.25) is 0 Å². The van der Waals surface area contributed by atoms with Crippen LogP contribution < -0.4 is 9.46 Å². The summed E-state index contributed by atoms with van der Waals surface area (Å²) < 4.78 is 8.42. The van der Waals surface area contributed by atoms with Crippen molar-refractivity contribution in [2.75, 3.05) is 32.0 Å². The van der Waals surface area contributed by atoms with Crippen molar-refractivity contribution in [2.45, 2.75) is 32.6 Å². The predicted molar refractivity (Wildman–Crippen MR) is 92.4 cm³/mol. The molecular weight excluding hydrogens is 296 g/mol. The van der Waals surface area contributed by atoms with Crippen LogP contribution in [-0.2, 0) is 0 Å². The van der Waals surface area contributed by atoms with E-state index in [-0.39, 0.29) is 5.91 Å². The number of hydrogen-bond acceptors (Lipinski definition) is 4. The van der Waals surface area contributed by atoms with E-state index in [1.807, 2.05) is 24.3 Å². The third-order valence-corrected chi connectivity index (χ3v) is 4.50. The third kappa shape index (κ3) is 5.89. The second-order valence-corrected chi connectivity index (χ2v) is 6.46. The summed E-state index contributed by atoms with van der Waals surface area (Å²) in [5.74, 6) is 1.74. The number of ether oxygens (including phenoxy) is 1. The normalized spacial score (nSPS) is 15.0. The summed E-state index contributed by atoms with van der Waals surface area (Å²) in [7, 11) is 0. The first-order valence-electron chi connectivity index (χ1n) is 8.17. The molecule has 5 heteroatoms. The van der Waals surface area contributed by atoms with Gasteiger partial charge in [0, 0.05) is 11.3 Å². The topological polar surface area (TPSA) is 41.6 Å². The van der Waals surface area contributed by atoms with Gasteiger partial charge < -0.3 is 9.64 Å². The molecule has 1 aromatic rings. The molecule has 0 saturated carbocycles. The second-order valence-electron chi connectivity index (χ2n) is 5.55. The van der Waals surface area contributed by atoms with Crippen LogP contribution in [0.25, 0.3) is 0 Å². The lowest BCUT2D eigenvalue weighted by molar-refractivity contribution is 0.0984. The van der Waals surface area contributed by atoms with E-state index in [9.17, 15) is 4.79 Å². The molecule has 0 aromatic heterocycles. The molecular formula is C17H26N2O2S. The highest BCUT2D eigenvalue weighted by Gasteiger charge is 2.10. The Hall–Kier alpha value is -1.20. The number of rotatable bonds is 9. The lowest BCUT2D eigenvalue weighted by Crippen LogP contribution is -2.22. The zero-order valence-electron chi connectivity index (χ0n) is 13.3. The first-order valence-corrected chi connectivity index (χ1v) is 9.15. The third-order valence-electron chi connectivity index (χ3n) is 3.67. The Labute approximate surface area is 137 Å². The smallest absolute Gasteiger partial charge is 0.261 e. The summed E-state index contributed by atoms with van der Waals surface area (Å²) in [4.78, 5) is 14.5. The molecule has 0 radical (unpaired) electrons. The summed E-state index contributed by atoms with van der Waals surface area (Å²) in [6, 6.07) is 7.32. The summed E-state index contributed by atoms with van der Waals surface area (Å²) in [6.07, 6.45) is 4.77. The molecule has 1 aromatic carbocycles. The van der Waals surface area contributed by atoms with Gasteiger partial charge in [-0.3, -0.25) is 9.52 Å². The minimum Gasteiger partial charge on any atom is -0.494 e. The molecule has 1 saturated heterocycles. The maximum Gasteiger partial charge on any atom is 0.261 e. The van der Waals surface area contributed by atoms with Gasteiger partial charge in [-0.25, -0.2) is 0 Å². The zero-order chi connectivity index (χ0) is 15.6. The minimum atomic E-state index is -0.0341. The van der Waals surface area contributed by atoms with Gasteiger partial charge in [-0.1, -0.05) is 18.9 Å². The van der Waals surface area contributed by atoms with E-state index in [0.29, 0.717) is 12.2 Å². The maximum atomic E-state index is 12.0. The SMILES string of the molecule is CCCOc1ccc(C(=O)NSCCCN2CCCC2)cc1. The number of nitrogens with zero attached hydrogens (tertiary/aromatic N) is 1. The van der Waals surface area contributed by atoms with Crippen LogP contribution in [0.15, 0.2) is 24.3 Å². The lowest BCUT2D eigenvalue weighted by Gasteiger charge is -2.13. The van der Waals surface area contributed by atoms with Crippen molar-refractivity contribution in [3.05, 3.63) is 29.8 Å². The Morgan fingerprint density at radius 1 is 1.27 bits per heavy atom. The molecule has 0 spiro atoms. The Kier molecular flexibility index (Phi) is 7.60. The van der Waals surface area contributed by atoms with Crippen molar-refractivity contribution in [3.63, 3.8) is 0 Å². The van der Waals surface area contributed by atoms with Crippen LogP contribution in [0.3, 0.4) is 0 Å². The molecule has 0 aliphatic carbocycles. The number of likely N-dealkylation sites (tertiary alicyclic amines) is 1. The van der Waals surface area contributed by atoms with Crippen LogP contribution in [0.5, 0.6) is 5.75 Å². The molecule has 1 aliphatic rings. The lowest BCUT2D eigenvalue weighted by atomic mass is 10.2. The highest BCUT2D eigenvalue weighted by Crippen LogP contribution is 2.13. The fourth-order valence-electron chi connectivity index (χ4n) is 2.46. The minimum absolute atomic E-state index is 0.0341. The number of carbonyl (C=O) groups is 1. The number of amides is 1. The second kappa shape index (κ2) is 9.74. The van der Waals surface area contributed by atoms with Gasteiger partial charge in [0.1, 0.15) is 5.75 Å². The van der Waals surface area contributed by atoms with Crippen molar-refractivity contribution < 1.29 is 9.53 Å². The summed E-state index contributed by atoms with van der Waals surface area (Å²) in [5, 5.41) is 0. The Morgan fingerprint density at radius 3 is 2.68 bits per heavy atom. The molecule has 1 aliphatic heterocycles. The van der Waals surface area contributed by atoms with Crippen LogP contribution in [0.1, 0.15) is 43.0 Å². The Bertz CT molecular complexity index is 444. The van der Waals surface area contributed by atoms with Gasteiger partial charge in [0.15, 0.2) is 0 Å². The molecule has 0 bridgehead atoms. The number of carbonyl (C=O) groups excluding carboxylic acids is 1. The molecule has 22 heavy (non-hydrogen) atoms. The van der Waals surface area contributed by atoms with E-state index in [4.69, 9.17) is 4.74 Å². The molecule has 1 amide bonds. The van der Waals surface area contributed by atoms with Crippen molar-refractivity contribution in [1.82, 2.24) is 9.62 Å². The Morgan fingerprint density at radius 2 is 2.00 bits per heavy atom. The first-order chi connectivity index (χ1) is 10.8. The van der Waals surface area contributed by atoms with Crippen molar-refractivity contribution in [2.24, 2.45) is 0 Å². The molecule has 122 valence electrons. The first kappa shape index (κ1) is 17.2. The molecule has 2 rings (SSSR count). The van der Waals surface area contributed by atoms with Gasteiger partial charge >= 0.3 is 0 Å². The van der Waals surface area contributed by atoms with Gasteiger partial charge in [-0.15, -0.1) is 0 Å². The quantitative estimate of drug-likeness (QED) is 0.559. The van der Waals surface area contributed by atoms with Crippen molar-refractivity contribution >= 4 is 17.9 Å². The van der Waals surface area contributed by atoms with Crippen LogP contribution >= 0.6 is 11.9 Å². The largest absolute Gasteiger partial charge is 0.494 e. The summed E-state index contributed by atoms with van der Waals surface area (Å²) in [5.41, 5.74) is 0.677. The van der Waals surface area contributed by atoms with E-state index in [2.05, 4.69) is 16.5 Å². The fraction of sp³-hybridized carbons (Fsp3) is 0.588. The number of benzene rings is 1. The molecule has 0 atom stereocenters. The zero-order valence-corrected chi connectivity index (χ0v) is 14.2. The van der Waals surface area contributed by atoms with E-state index in [0.717, 1.165) is 30.9 Å². The summed E-state index contributed by atoms with van der Waals surface area (Å²) in [6.45, 7) is 6.40. The van der Waals surface area contributed by atoms with Gasteiger partial charge in [-0.05, 0) is 69.6 Å². The number of nitrogens with one attached hydrogen (secondary N) is 1. The predicted octanol–water partition coefficient (Wildman–Crippen LogP) is 3.34. The van der Waals surface area contributed by atoms with E-state index >= 15 is 0 Å². The molecule has 1 fully saturated rings. The number of hydrogen-bond donors (Lipinski definition) is 1.